The summed E-state index contributed by atoms with van der Waals surface area (Å²) in [7, 11) is 0. The number of nitrogens with zero attached hydrogens (tertiary/aromatic N) is 1. The van der Waals surface area contributed by atoms with Crippen molar-refractivity contribution in [2.45, 2.75) is 6.92 Å². The van der Waals surface area contributed by atoms with Crippen LogP contribution in [0.4, 0.5) is 5.69 Å². The maximum Gasteiger partial charge on any atom is 0.0730 e. The van der Waals surface area contributed by atoms with E-state index in [0.29, 0.717) is 0 Å². The molecular formula is C21H15N. The average Bonchev–Trinajstić information content (AvgIpc) is 2.89. The van der Waals surface area contributed by atoms with Crippen molar-refractivity contribution in [3.8, 4) is 11.1 Å². The van der Waals surface area contributed by atoms with Crippen LogP contribution in [0.15, 0.2) is 77.8 Å². The Kier molecular flexibility index (Phi) is 3.00. The number of aliphatic imine (C=N–C) groups is 1. The van der Waals surface area contributed by atoms with Crippen LogP contribution >= 0.6 is 0 Å². The lowest BCUT2D eigenvalue weighted by Crippen LogP contribution is -1.81. The molecule has 0 saturated heterocycles. The SMILES string of the molecule is Cc1ccc(N=C=C2c3ccccc3-c3ccccc32)cc1. The van der Waals surface area contributed by atoms with E-state index in [2.05, 4.69) is 78.4 Å². The second-order valence-corrected chi connectivity index (χ2v) is 5.53. The zero-order valence-electron chi connectivity index (χ0n) is 12.4. The molecule has 1 nitrogen and oxygen atoms in total. The normalized spacial score (nSPS) is 11.6. The summed E-state index contributed by atoms with van der Waals surface area (Å²) in [6, 6.07) is 25.1. The molecule has 104 valence electrons. The molecule has 0 atom stereocenters. The molecule has 0 fully saturated rings. The predicted octanol–water partition coefficient (Wildman–Crippen LogP) is 5.41. The lowest BCUT2D eigenvalue weighted by molar-refractivity contribution is 1.44. The first-order valence-corrected chi connectivity index (χ1v) is 7.42. The van der Waals surface area contributed by atoms with Gasteiger partial charge in [-0.25, -0.2) is 4.99 Å². The van der Waals surface area contributed by atoms with Crippen LogP contribution in [0, 0.1) is 6.92 Å². The number of rotatable bonds is 1. The molecule has 1 aliphatic rings. The van der Waals surface area contributed by atoms with Gasteiger partial charge in [0.25, 0.3) is 0 Å². The number of aryl methyl sites for hydroxylation is 1. The van der Waals surface area contributed by atoms with Crippen molar-refractivity contribution in [3.63, 3.8) is 0 Å². The lowest BCUT2D eigenvalue weighted by Gasteiger charge is -1.97. The molecular weight excluding hydrogens is 266 g/mol. The molecule has 0 N–H and O–H groups in total. The van der Waals surface area contributed by atoms with E-state index in [4.69, 9.17) is 0 Å². The van der Waals surface area contributed by atoms with Crippen LogP contribution in [0.25, 0.3) is 16.7 Å². The first-order chi connectivity index (χ1) is 10.8. The molecule has 0 unspecified atom stereocenters. The largest absolute Gasteiger partial charge is 0.206 e. The minimum Gasteiger partial charge on any atom is -0.206 e. The monoisotopic (exact) mass is 281 g/mol. The molecule has 0 saturated carbocycles. The maximum absolute atomic E-state index is 4.54. The van der Waals surface area contributed by atoms with Crippen molar-refractivity contribution in [1.29, 1.82) is 0 Å². The summed E-state index contributed by atoms with van der Waals surface area (Å²) in [5.74, 6) is 3.27. The van der Waals surface area contributed by atoms with Crippen molar-refractivity contribution in [2.75, 3.05) is 0 Å². The van der Waals surface area contributed by atoms with Gasteiger partial charge >= 0.3 is 0 Å². The van der Waals surface area contributed by atoms with Gasteiger partial charge in [-0.15, -0.1) is 0 Å². The van der Waals surface area contributed by atoms with E-state index in [1.807, 2.05) is 12.1 Å². The fourth-order valence-corrected chi connectivity index (χ4v) is 2.88. The Morgan fingerprint density at radius 3 is 1.68 bits per heavy atom. The third kappa shape index (κ3) is 2.09. The Labute approximate surface area is 130 Å². The zero-order valence-corrected chi connectivity index (χ0v) is 12.4. The molecule has 0 amide bonds. The second kappa shape index (κ2) is 5.14. The molecule has 0 radical (unpaired) electrons. The Hall–Kier alpha value is -2.89. The van der Waals surface area contributed by atoms with Crippen molar-refractivity contribution >= 4 is 17.1 Å². The summed E-state index contributed by atoms with van der Waals surface area (Å²) < 4.78 is 0. The molecule has 0 spiro atoms. The van der Waals surface area contributed by atoms with Crippen LogP contribution in [0.5, 0.6) is 0 Å². The quantitative estimate of drug-likeness (QED) is 0.414. The number of hydrogen-bond acceptors (Lipinski definition) is 1. The zero-order chi connectivity index (χ0) is 14.9. The van der Waals surface area contributed by atoms with Crippen LogP contribution in [0.1, 0.15) is 16.7 Å². The standard InChI is InChI=1S/C21H15N/c1-15-10-12-16(13-11-15)22-14-21-19-8-4-2-6-17(19)18-7-3-5-9-20(18)21/h2-13H,1H3. The van der Waals surface area contributed by atoms with E-state index in [1.165, 1.54) is 27.8 Å². The van der Waals surface area contributed by atoms with Crippen molar-refractivity contribution in [1.82, 2.24) is 0 Å². The number of benzene rings is 3. The average molecular weight is 281 g/mol. The Morgan fingerprint density at radius 1 is 0.636 bits per heavy atom. The third-order valence-corrected chi connectivity index (χ3v) is 4.01. The molecule has 22 heavy (non-hydrogen) atoms. The van der Waals surface area contributed by atoms with Crippen LogP contribution < -0.4 is 0 Å². The van der Waals surface area contributed by atoms with Crippen molar-refractivity contribution < 1.29 is 0 Å². The Bertz CT molecular complexity index is 863. The number of hydrogen-bond donors (Lipinski definition) is 0. The van der Waals surface area contributed by atoms with E-state index >= 15 is 0 Å². The van der Waals surface area contributed by atoms with Gasteiger partial charge in [0.15, 0.2) is 0 Å². The van der Waals surface area contributed by atoms with E-state index < -0.39 is 0 Å². The van der Waals surface area contributed by atoms with E-state index in [0.717, 1.165) is 11.3 Å². The highest BCUT2D eigenvalue weighted by molar-refractivity contribution is 6.11. The fourth-order valence-electron chi connectivity index (χ4n) is 2.88. The number of fused-ring (bicyclic) bond motifs is 3. The summed E-state index contributed by atoms with van der Waals surface area (Å²) in [6.45, 7) is 2.08. The molecule has 3 aromatic rings. The third-order valence-electron chi connectivity index (χ3n) is 4.01. The highest BCUT2D eigenvalue weighted by Crippen LogP contribution is 2.42. The second-order valence-electron chi connectivity index (χ2n) is 5.53. The Morgan fingerprint density at radius 2 is 1.14 bits per heavy atom. The topological polar surface area (TPSA) is 12.4 Å². The van der Waals surface area contributed by atoms with Crippen LogP contribution in [-0.4, -0.2) is 5.87 Å². The van der Waals surface area contributed by atoms with Gasteiger partial charge in [0.1, 0.15) is 0 Å². The summed E-state index contributed by atoms with van der Waals surface area (Å²) in [4.78, 5) is 4.54. The minimum absolute atomic E-state index is 0.931. The van der Waals surface area contributed by atoms with Crippen molar-refractivity contribution in [3.05, 3.63) is 89.5 Å². The smallest absolute Gasteiger partial charge is 0.0730 e. The van der Waals surface area contributed by atoms with Gasteiger partial charge in [0.2, 0.25) is 0 Å². The molecule has 3 aromatic carbocycles. The van der Waals surface area contributed by atoms with Gasteiger partial charge < -0.3 is 0 Å². The molecule has 0 heterocycles. The molecule has 4 rings (SSSR count). The summed E-state index contributed by atoms with van der Waals surface area (Å²) in [5.41, 5.74) is 8.19. The van der Waals surface area contributed by atoms with E-state index in [9.17, 15) is 0 Å². The van der Waals surface area contributed by atoms with Gasteiger partial charge in [0, 0.05) is 0 Å². The van der Waals surface area contributed by atoms with Crippen molar-refractivity contribution in [2.24, 2.45) is 4.99 Å². The summed E-state index contributed by atoms with van der Waals surface area (Å²) in [6.07, 6.45) is 0. The Balaban J connectivity index is 1.91. The van der Waals surface area contributed by atoms with Gasteiger partial charge in [-0.05, 0) is 47.2 Å². The van der Waals surface area contributed by atoms with Gasteiger partial charge in [-0.1, -0.05) is 66.2 Å². The van der Waals surface area contributed by atoms with Crippen LogP contribution in [0.3, 0.4) is 0 Å². The first kappa shape index (κ1) is 12.8. The van der Waals surface area contributed by atoms with Gasteiger partial charge in [-0.2, -0.15) is 0 Å². The lowest BCUT2D eigenvalue weighted by atomic mass is 10.1. The van der Waals surface area contributed by atoms with Crippen LogP contribution in [-0.2, 0) is 0 Å². The van der Waals surface area contributed by atoms with Gasteiger partial charge in [0.05, 0.1) is 11.3 Å². The highest BCUT2D eigenvalue weighted by Gasteiger charge is 2.22. The molecule has 0 aliphatic heterocycles. The molecule has 1 heteroatoms. The fraction of sp³-hybridized carbons (Fsp3) is 0.0476. The van der Waals surface area contributed by atoms with Gasteiger partial charge in [-0.3, -0.25) is 0 Å². The molecule has 0 bridgehead atoms. The minimum atomic E-state index is 0.931. The first-order valence-electron chi connectivity index (χ1n) is 7.42. The van der Waals surface area contributed by atoms with Crippen LogP contribution in [0.2, 0.25) is 0 Å². The van der Waals surface area contributed by atoms with E-state index in [-0.39, 0.29) is 0 Å². The summed E-state index contributed by atoms with van der Waals surface area (Å²) in [5, 5.41) is 0. The predicted molar refractivity (Wildman–Crippen MR) is 92.7 cm³/mol. The molecule has 0 aromatic heterocycles. The summed E-state index contributed by atoms with van der Waals surface area (Å²) >= 11 is 0. The van der Waals surface area contributed by atoms with E-state index in [1.54, 1.807) is 0 Å². The highest BCUT2D eigenvalue weighted by atomic mass is 14.7. The molecule has 1 aliphatic carbocycles. The maximum atomic E-state index is 4.54.